The number of benzene rings is 8. The molecule has 392 valence electrons. The van der Waals surface area contributed by atoms with Crippen LogP contribution in [0.4, 0.5) is 34.1 Å². The molecule has 0 bridgehead atoms. The normalized spacial score (nSPS) is 11.9. The second kappa shape index (κ2) is 26.1. The van der Waals surface area contributed by atoms with E-state index in [1.807, 2.05) is 20.8 Å². The Hall–Kier alpha value is -6.72. The zero-order chi connectivity index (χ0) is 54.9. The zero-order valence-corrected chi connectivity index (χ0v) is 46.9. The minimum Gasteiger partial charge on any atom is -0.871 e. The van der Waals surface area contributed by atoms with Crippen LogP contribution in [-0.2, 0) is 33.1 Å². The maximum absolute atomic E-state index is 13.4. The van der Waals surface area contributed by atoms with E-state index in [1.165, 1.54) is 24.3 Å². The Kier molecular flexibility index (Phi) is 20.2. The fourth-order valence-electron chi connectivity index (χ4n) is 7.67. The summed E-state index contributed by atoms with van der Waals surface area (Å²) in [4.78, 5) is 16.1. The quantitative estimate of drug-likeness (QED) is 0.0231. The molecule has 0 aliphatic carbocycles. The van der Waals surface area contributed by atoms with Crippen molar-refractivity contribution < 1.29 is 55.5 Å². The minimum atomic E-state index is -4.70. The van der Waals surface area contributed by atoms with Crippen LogP contribution in [0.3, 0.4) is 0 Å². The summed E-state index contributed by atoms with van der Waals surface area (Å²) in [5.41, 5.74) is 1.02. The number of fused-ring (bicyclic) bond motifs is 2. The first-order chi connectivity index (χ1) is 36.2. The predicted molar refractivity (Wildman–Crippen MR) is 294 cm³/mol. The van der Waals surface area contributed by atoms with Crippen molar-refractivity contribution in [3.05, 3.63) is 166 Å². The number of rotatable bonds is 16. The van der Waals surface area contributed by atoms with E-state index in [0.29, 0.717) is 81.6 Å². The molecule has 23 heteroatoms. The number of nitrogens with one attached hydrogen (secondary N) is 1. The molecule has 0 aliphatic heterocycles. The molecular formula is C54H46CaCl2N6O12S2. The number of halogens is 2. The van der Waals surface area contributed by atoms with Crippen LogP contribution in [0, 0.1) is 0 Å². The largest absolute Gasteiger partial charge is 2.00 e. The van der Waals surface area contributed by atoms with Gasteiger partial charge in [-0.1, -0.05) is 103 Å². The van der Waals surface area contributed by atoms with Gasteiger partial charge in [-0.05, 0) is 121 Å². The molecule has 0 aromatic heterocycles. The van der Waals surface area contributed by atoms with E-state index in [1.54, 1.807) is 104 Å². The third kappa shape index (κ3) is 14.5. The third-order valence-corrected chi connectivity index (χ3v) is 13.8. The monoisotopic (exact) mass is 1140 g/mol. The molecule has 0 atom stereocenters. The number of carbonyl (C=O) groups excluding carboxylic acids is 1. The van der Waals surface area contributed by atoms with Gasteiger partial charge in [0.15, 0.2) is 5.75 Å². The summed E-state index contributed by atoms with van der Waals surface area (Å²) in [6.07, 6.45) is 0.931. The van der Waals surface area contributed by atoms with Crippen molar-refractivity contribution in [3.63, 3.8) is 0 Å². The van der Waals surface area contributed by atoms with Crippen LogP contribution in [0.2, 0.25) is 10.0 Å². The molecule has 4 N–H and O–H groups in total. The van der Waals surface area contributed by atoms with Gasteiger partial charge in [-0.2, -0.15) is 21.9 Å². The molecule has 0 unspecified atom stereocenters. The van der Waals surface area contributed by atoms with Gasteiger partial charge in [-0.3, -0.25) is 18.9 Å². The number of azo groups is 2. The number of aromatic hydroxyl groups is 1. The smallest absolute Gasteiger partial charge is 0.871 e. The number of carbonyl (C=O) groups is 1. The number of aryl methyl sites for hydroxylation is 2. The first-order valence-electron chi connectivity index (χ1n) is 23.2. The molecule has 0 saturated heterocycles. The van der Waals surface area contributed by atoms with E-state index in [9.17, 15) is 46.1 Å². The van der Waals surface area contributed by atoms with Crippen LogP contribution < -0.4 is 25.0 Å². The van der Waals surface area contributed by atoms with Crippen LogP contribution in [0.25, 0.3) is 21.5 Å². The molecule has 0 saturated carbocycles. The second-order valence-corrected chi connectivity index (χ2v) is 19.9. The number of ether oxygens (including phenoxy) is 2. The van der Waals surface area contributed by atoms with Gasteiger partial charge >= 0.3 is 37.7 Å². The van der Waals surface area contributed by atoms with Crippen molar-refractivity contribution in [2.75, 3.05) is 18.5 Å². The fraction of sp³-hybridized carbons (Fsp3) is 0.148. The Balaban J connectivity index is 0.000000246. The minimum absolute atomic E-state index is 0. The van der Waals surface area contributed by atoms with Gasteiger partial charge in [0.1, 0.15) is 38.4 Å². The number of aliphatic imine (C=N–C) groups is 1. The van der Waals surface area contributed by atoms with Crippen molar-refractivity contribution in [1.82, 2.24) is 0 Å². The van der Waals surface area contributed by atoms with Gasteiger partial charge in [0.05, 0.1) is 30.2 Å². The average molecular weight is 1150 g/mol. The van der Waals surface area contributed by atoms with Crippen molar-refractivity contribution in [1.29, 1.82) is 0 Å². The molecular weight excluding hydrogens is 1100 g/mol. The van der Waals surface area contributed by atoms with Gasteiger partial charge in [0, 0.05) is 38.6 Å². The van der Waals surface area contributed by atoms with E-state index >= 15 is 0 Å². The molecule has 18 nitrogen and oxygen atoms in total. The number of amides is 1. The Morgan fingerprint density at radius 1 is 0.610 bits per heavy atom. The standard InChI is InChI=1S/2C27H24ClN3O6S.Ca/c2*1-3-16-13-23(24(15-22(16)28)38(34,35)36)30-31-25-20-11-6-5-8-17(20)12-21(26(25)32)27(33)29-18-9-7-10-19(14-18)37-4-2;/h2*5-15,32H,3-4H2,1-2H3,(H,29,33)(H,34,35,36);/q;;+2/p-2. The van der Waals surface area contributed by atoms with E-state index in [2.05, 4.69) is 30.8 Å². The molecule has 8 aromatic rings. The van der Waals surface area contributed by atoms with E-state index < -0.39 is 53.3 Å². The summed E-state index contributed by atoms with van der Waals surface area (Å²) in [6, 6.07) is 35.0. The van der Waals surface area contributed by atoms with Crippen LogP contribution in [-0.4, -0.2) is 93.8 Å². The van der Waals surface area contributed by atoms with Crippen LogP contribution in [0.15, 0.2) is 169 Å². The molecule has 1 amide bonds. The first kappa shape index (κ1) is 59.5. The Morgan fingerprint density at radius 3 is 1.61 bits per heavy atom. The van der Waals surface area contributed by atoms with Crippen molar-refractivity contribution >= 4 is 149 Å². The Morgan fingerprint density at radius 2 is 1.09 bits per heavy atom. The topological polar surface area (TPSA) is 284 Å². The van der Waals surface area contributed by atoms with Crippen LogP contribution in [0.5, 0.6) is 23.0 Å². The molecule has 8 rings (SSSR count). The maximum Gasteiger partial charge on any atom is 2.00 e. The third-order valence-electron chi connectivity index (χ3n) is 11.3. The predicted octanol–water partition coefficient (Wildman–Crippen LogP) is 12.3. The summed E-state index contributed by atoms with van der Waals surface area (Å²) < 4.78 is 78.1. The second-order valence-electron chi connectivity index (χ2n) is 16.3. The molecule has 0 radical (unpaired) electrons. The number of phenolic OH excluding ortho intramolecular Hbond substituents is 1. The van der Waals surface area contributed by atoms with Crippen LogP contribution in [0.1, 0.15) is 54.7 Å². The Labute approximate surface area is 483 Å². The van der Waals surface area contributed by atoms with Gasteiger partial charge in [0.25, 0.3) is 26.1 Å². The van der Waals surface area contributed by atoms with Gasteiger partial charge in [-0.25, -0.2) is 0 Å². The summed E-state index contributed by atoms with van der Waals surface area (Å²) in [6.45, 7) is 8.20. The zero-order valence-electron chi connectivity index (χ0n) is 41.6. The maximum atomic E-state index is 13.4. The summed E-state index contributed by atoms with van der Waals surface area (Å²) >= 11 is 12.3. The van der Waals surface area contributed by atoms with Crippen LogP contribution >= 0.6 is 23.2 Å². The number of hydrogen-bond acceptors (Lipinski definition) is 15. The molecule has 0 heterocycles. The molecule has 0 aliphatic rings. The number of hydrogen-bond donors (Lipinski definition) is 4. The summed E-state index contributed by atoms with van der Waals surface area (Å²) in [5, 5.41) is 58.8. The molecule has 0 spiro atoms. The van der Waals surface area contributed by atoms with Gasteiger partial charge in [-0.15, -0.1) is 15.3 Å². The fourth-order valence-corrected chi connectivity index (χ4v) is 9.65. The van der Waals surface area contributed by atoms with Crippen molar-refractivity contribution in [3.8, 4) is 23.0 Å². The number of nitrogens with zero attached hydrogens (tertiary/aromatic N) is 5. The van der Waals surface area contributed by atoms with Crippen molar-refractivity contribution in [2.45, 2.75) is 50.3 Å². The van der Waals surface area contributed by atoms with E-state index in [-0.39, 0.29) is 81.7 Å². The Bertz CT molecular complexity index is 3860. The first-order valence-corrected chi connectivity index (χ1v) is 26.8. The number of anilines is 1. The van der Waals surface area contributed by atoms with E-state index in [0.717, 1.165) is 12.1 Å². The summed E-state index contributed by atoms with van der Waals surface area (Å²) in [7, 11) is -9.37. The number of phenols is 1. The van der Waals surface area contributed by atoms with Gasteiger partial charge < -0.3 is 30.1 Å². The van der Waals surface area contributed by atoms with Crippen molar-refractivity contribution in [2.24, 2.45) is 25.4 Å². The molecule has 8 aromatic carbocycles. The summed E-state index contributed by atoms with van der Waals surface area (Å²) in [5.74, 6) is -1.47. The molecule has 77 heavy (non-hydrogen) atoms. The molecule has 0 fully saturated rings. The SMILES string of the molecule is CCOc1cccc(N=C([O-])c2cc3ccccc3c(N=Nc3cc(CC)c(Cl)cc3S(=O)(=O)O)c2[O-])c1.CCOc1cccc(NC(=O)c2cc3ccccc3c(N=Nc3cc(CC)c(Cl)cc3S(=O)(=O)O)c2O)c1.[Ca+2]. The van der Waals surface area contributed by atoms with E-state index in [4.69, 9.17) is 32.7 Å². The average Bonchev–Trinajstić information content (AvgIpc) is 3.38. The van der Waals surface area contributed by atoms with Gasteiger partial charge in [0.2, 0.25) is 0 Å².